The van der Waals surface area contributed by atoms with Crippen molar-refractivity contribution < 1.29 is 9.90 Å². The molecule has 132 valence electrons. The van der Waals surface area contributed by atoms with Crippen molar-refractivity contribution in [2.75, 3.05) is 19.6 Å². The van der Waals surface area contributed by atoms with Crippen molar-refractivity contribution in [3.05, 3.63) is 35.4 Å². The molecule has 0 radical (unpaired) electrons. The van der Waals surface area contributed by atoms with Crippen LogP contribution in [-0.4, -0.2) is 41.7 Å². The minimum Gasteiger partial charge on any atom is -0.392 e. The largest absolute Gasteiger partial charge is 0.392 e. The summed E-state index contributed by atoms with van der Waals surface area (Å²) in [5, 5.41) is 15.2. The number of amides is 2. The number of aliphatic hydroxyl groups excluding tert-OH is 1. The highest BCUT2D eigenvalue weighted by Gasteiger charge is 2.26. The smallest absolute Gasteiger partial charge is 0.315 e. The first kappa shape index (κ1) is 17.2. The molecule has 2 amide bonds. The zero-order chi connectivity index (χ0) is 16.8. The van der Waals surface area contributed by atoms with Gasteiger partial charge >= 0.3 is 6.03 Å². The molecule has 1 aromatic carbocycles. The lowest BCUT2D eigenvalue weighted by Gasteiger charge is -2.20. The molecule has 1 unspecified atom stereocenters. The molecule has 24 heavy (non-hydrogen) atoms. The summed E-state index contributed by atoms with van der Waals surface area (Å²) in [4.78, 5) is 14.6. The fourth-order valence-corrected chi connectivity index (χ4v) is 3.93. The molecule has 3 N–H and O–H groups in total. The number of nitrogens with zero attached hydrogens (tertiary/aromatic N) is 1. The van der Waals surface area contributed by atoms with Crippen LogP contribution in [-0.2, 0) is 13.2 Å². The van der Waals surface area contributed by atoms with Crippen LogP contribution in [0.1, 0.15) is 43.2 Å². The Kier molecular flexibility index (Phi) is 6.10. The second-order valence-corrected chi connectivity index (χ2v) is 7.20. The number of hydrogen-bond acceptors (Lipinski definition) is 3. The van der Waals surface area contributed by atoms with Gasteiger partial charge < -0.3 is 20.6 Å². The SMILES string of the molecule is O=C(NCc1cccc(CO)c1)NC1CCN(CC2CCCC2)C1. The summed E-state index contributed by atoms with van der Waals surface area (Å²) >= 11 is 0. The number of carbonyl (C=O) groups is 1. The average molecular weight is 331 g/mol. The fourth-order valence-electron chi connectivity index (χ4n) is 3.93. The molecule has 3 rings (SSSR count). The number of likely N-dealkylation sites (tertiary alicyclic amines) is 1. The van der Waals surface area contributed by atoms with E-state index in [4.69, 9.17) is 5.11 Å². The van der Waals surface area contributed by atoms with Crippen molar-refractivity contribution >= 4 is 6.03 Å². The van der Waals surface area contributed by atoms with Crippen LogP contribution in [0, 0.1) is 5.92 Å². The summed E-state index contributed by atoms with van der Waals surface area (Å²) in [5.41, 5.74) is 1.87. The molecule has 5 nitrogen and oxygen atoms in total. The standard InChI is InChI=1S/C19H29N3O2/c23-14-17-7-3-6-16(10-17)11-20-19(24)21-18-8-9-22(13-18)12-15-4-1-2-5-15/h3,6-7,10,15,18,23H,1-2,4-5,8-9,11-14H2,(H2,20,21,24). The molecule has 1 aliphatic heterocycles. The number of aliphatic hydroxyl groups is 1. The fraction of sp³-hybridized carbons (Fsp3) is 0.632. The number of urea groups is 1. The van der Waals surface area contributed by atoms with Crippen molar-refractivity contribution in [3.63, 3.8) is 0 Å². The van der Waals surface area contributed by atoms with Crippen LogP contribution >= 0.6 is 0 Å². The van der Waals surface area contributed by atoms with E-state index in [1.54, 1.807) is 0 Å². The monoisotopic (exact) mass is 331 g/mol. The first-order valence-corrected chi connectivity index (χ1v) is 9.18. The highest BCUT2D eigenvalue weighted by atomic mass is 16.3. The third-order valence-corrected chi connectivity index (χ3v) is 5.23. The first-order valence-electron chi connectivity index (χ1n) is 9.18. The van der Waals surface area contributed by atoms with E-state index < -0.39 is 0 Å². The van der Waals surface area contributed by atoms with E-state index in [2.05, 4.69) is 15.5 Å². The van der Waals surface area contributed by atoms with E-state index in [1.165, 1.54) is 32.2 Å². The van der Waals surface area contributed by atoms with Crippen LogP contribution in [0.2, 0.25) is 0 Å². The summed E-state index contributed by atoms with van der Waals surface area (Å²) in [6, 6.07) is 7.81. The highest BCUT2D eigenvalue weighted by molar-refractivity contribution is 5.74. The maximum Gasteiger partial charge on any atom is 0.315 e. The lowest BCUT2D eigenvalue weighted by atomic mass is 10.1. The zero-order valence-electron chi connectivity index (χ0n) is 14.3. The van der Waals surface area contributed by atoms with Crippen molar-refractivity contribution in [1.29, 1.82) is 0 Å². The normalized spacial score (nSPS) is 22.0. The van der Waals surface area contributed by atoms with Crippen molar-refractivity contribution in [3.8, 4) is 0 Å². The van der Waals surface area contributed by atoms with E-state index in [-0.39, 0.29) is 18.7 Å². The Morgan fingerprint density at radius 1 is 1.21 bits per heavy atom. The minimum atomic E-state index is -0.0999. The van der Waals surface area contributed by atoms with Crippen LogP contribution in [0.4, 0.5) is 4.79 Å². The summed E-state index contributed by atoms with van der Waals surface area (Å²) in [6.07, 6.45) is 6.57. The van der Waals surface area contributed by atoms with Gasteiger partial charge in [-0.1, -0.05) is 37.1 Å². The third kappa shape index (κ3) is 4.95. The molecule has 0 aromatic heterocycles. The molecule has 1 atom stereocenters. The molecule has 1 aliphatic carbocycles. The van der Waals surface area contributed by atoms with Crippen LogP contribution in [0.3, 0.4) is 0 Å². The summed E-state index contributed by atoms with van der Waals surface area (Å²) in [6.45, 7) is 3.79. The molecular formula is C19H29N3O2. The molecule has 1 saturated carbocycles. The van der Waals surface area contributed by atoms with E-state index in [9.17, 15) is 4.79 Å². The second-order valence-electron chi connectivity index (χ2n) is 7.20. The Morgan fingerprint density at radius 2 is 2.00 bits per heavy atom. The van der Waals surface area contributed by atoms with E-state index in [0.29, 0.717) is 6.54 Å². The molecule has 1 saturated heterocycles. The van der Waals surface area contributed by atoms with Gasteiger partial charge in [-0.25, -0.2) is 4.79 Å². The van der Waals surface area contributed by atoms with Gasteiger partial charge in [0.2, 0.25) is 0 Å². The van der Waals surface area contributed by atoms with Crippen LogP contribution in [0.5, 0.6) is 0 Å². The topological polar surface area (TPSA) is 64.6 Å². The van der Waals surface area contributed by atoms with E-state index in [1.807, 2.05) is 24.3 Å². The first-order chi connectivity index (χ1) is 11.7. The molecule has 2 aliphatic rings. The second kappa shape index (κ2) is 8.49. The molecule has 2 fully saturated rings. The summed E-state index contributed by atoms with van der Waals surface area (Å²) < 4.78 is 0. The lowest BCUT2D eigenvalue weighted by Crippen LogP contribution is -2.43. The van der Waals surface area contributed by atoms with Gasteiger partial charge in [0.05, 0.1) is 6.61 Å². The van der Waals surface area contributed by atoms with Crippen LogP contribution < -0.4 is 10.6 Å². The Balaban J connectivity index is 1.37. The Labute approximate surface area is 144 Å². The summed E-state index contributed by atoms with van der Waals surface area (Å²) in [5.74, 6) is 0.872. The van der Waals surface area contributed by atoms with Crippen molar-refractivity contribution in [2.24, 2.45) is 5.92 Å². The van der Waals surface area contributed by atoms with E-state index in [0.717, 1.165) is 36.6 Å². The van der Waals surface area contributed by atoms with Gasteiger partial charge in [-0.2, -0.15) is 0 Å². The van der Waals surface area contributed by atoms with E-state index >= 15 is 0 Å². The molecule has 1 heterocycles. The average Bonchev–Trinajstić information content (AvgIpc) is 3.26. The predicted molar refractivity (Wildman–Crippen MR) is 94.5 cm³/mol. The molecule has 0 bridgehead atoms. The van der Waals surface area contributed by atoms with Crippen LogP contribution in [0.25, 0.3) is 0 Å². The number of nitrogens with one attached hydrogen (secondary N) is 2. The lowest BCUT2D eigenvalue weighted by molar-refractivity contribution is 0.234. The number of hydrogen-bond donors (Lipinski definition) is 3. The predicted octanol–water partition coefficient (Wildman–Crippen LogP) is 2.24. The highest BCUT2D eigenvalue weighted by Crippen LogP contribution is 2.26. The molecular weight excluding hydrogens is 302 g/mol. The van der Waals surface area contributed by atoms with Gasteiger partial charge in [0, 0.05) is 32.2 Å². The van der Waals surface area contributed by atoms with Gasteiger partial charge in [-0.15, -0.1) is 0 Å². The third-order valence-electron chi connectivity index (χ3n) is 5.23. The van der Waals surface area contributed by atoms with Crippen LogP contribution in [0.15, 0.2) is 24.3 Å². The Morgan fingerprint density at radius 3 is 2.79 bits per heavy atom. The number of rotatable bonds is 6. The number of carbonyl (C=O) groups excluding carboxylic acids is 1. The quantitative estimate of drug-likeness (QED) is 0.749. The summed E-state index contributed by atoms with van der Waals surface area (Å²) in [7, 11) is 0. The zero-order valence-corrected chi connectivity index (χ0v) is 14.3. The molecule has 0 spiro atoms. The van der Waals surface area contributed by atoms with Gasteiger partial charge in [0.25, 0.3) is 0 Å². The number of benzene rings is 1. The maximum absolute atomic E-state index is 12.1. The minimum absolute atomic E-state index is 0.0267. The van der Waals surface area contributed by atoms with Gasteiger partial charge in [0.15, 0.2) is 0 Å². The van der Waals surface area contributed by atoms with Gasteiger partial charge in [-0.05, 0) is 36.3 Å². The van der Waals surface area contributed by atoms with Gasteiger partial charge in [-0.3, -0.25) is 0 Å². The Bertz CT molecular complexity index is 543. The maximum atomic E-state index is 12.1. The Hall–Kier alpha value is -1.59. The van der Waals surface area contributed by atoms with Crippen molar-refractivity contribution in [2.45, 2.75) is 51.3 Å². The molecule has 1 aromatic rings. The molecule has 5 heteroatoms. The van der Waals surface area contributed by atoms with Gasteiger partial charge in [0.1, 0.15) is 0 Å². The van der Waals surface area contributed by atoms with Crippen molar-refractivity contribution in [1.82, 2.24) is 15.5 Å².